The Bertz CT molecular complexity index is 1360. The molecule has 0 nitrogen and oxygen atoms in total. The van der Waals surface area contributed by atoms with Crippen LogP contribution in [0.5, 0.6) is 0 Å². The second-order valence-corrected chi connectivity index (χ2v) is 23.9. The first-order chi connectivity index (χ1) is 19.1. The fourth-order valence-electron chi connectivity index (χ4n) is 6.56. The Morgan fingerprint density at radius 2 is 1.23 bits per heavy atom. The Kier molecular flexibility index (Phi) is 8.82. The van der Waals surface area contributed by atoms with Crippen molar-refractivity contribution in [2.24, 2.45) is 0 Å². The van der Waals surface area contributed by atoms with Gasteiger partial charge in [-0.05, 0) is 0 Å². The first-order valence-corrected chi connectivity index (χ1v) is 21.5. The van der Waals surface area contributed by atoms with Crippen LogP contribution >= 0.6 is 0 Å². The van der Waals surface area contributed by atoms with Crippen molar-refractivity contribution >= 4 is 3.26 Å². The van der Waals surface area contributed by atoms with Crippen LogP contribution in [0.1, 0.15) is 112 Å². The molecule has 0 saturated heterocycles. The van der Waals surface area contributed by atoms with Gasteiger partial charge < -0.3 is 0 Å². The molecule has 0 aliphatic heterocycles. The second kappa shape index (κ2) is 12.0. The second-order valence-electron chi connectivity index (χ2n) is 13.9. The van der Waals surface area contributed by atoms with E-state index in [2.05, 4.69) is 140 Å². The van der Waals surface area contributed by atoms with Crippen LogP contribution in [0.2, 0.25) is 3.67 Å². The number of rotatable bonds is 8. The predicted octanol–water partition coefficient (Wildman–Crippen LogP) is 11.1. The van der Waals surface area contributed by atoms with Crippen LogP contribution in [0.4, 0.5) is 0 Å². The van der Waals surface area contributed by atoms with Crippen LogP contribution in [-0.2, 0) is 31.8 Å². The van der Waals surface area contributed by atoms with Crippen molar-refractivity contribution in [3.63, 3.8) is 0 Å². The Morgan fingerprint density at radius 1 is 0.675 bits per heavy atom. The molecule has 3 aromatic rings. The minimum atomic E-state index is -2.67. The monoisotopic (exact) mass is 696 g/mol. The van der Waals surface area contributed by atoms with Crippen molar-refractivity contribution in [3.05, 3.63) is 119 Å². The summed E-state index contributed by atoms with van der Waals surface area (Å²) in [6, 6.07) is 26.5. The van der Waals surface area contributed by atoms with E-state index in [1.807, 2.05) is 3.26 Å². The van der Waals surface area contributed by atoms with Crippen LogP contribution in [0, 0.1) is 0 Å². The maximum absolute atomic E-state index is 2.67. The molecule has 40 heavy (non-hydrogen) atoms. The van der Waals surface area contributed by atoms with E-state index in [-0.39, 0.29) is 10.8 Å². The number of fused-ring (bicyclic) bond motifs is 3. The standard InChI is InChI=1S/C21H25.C13H18.C5H5.Hf/c1-20(2,3)16-7-9-18-14(12-16)11-15-13-17(21(4,5)6)8-10-19(15)18;1-2-3-4-5-7-10-13-11-8-6-9-12-13;1-2-4-5-3-1;/h7-13H,1-6H3;6,8-9,11-12H,2-5,7H2,1H3;1-5H;. The van der Waals surface area contributed by atoms with Crippen molar-refractivity contribution < 1.29 is 21.0 Å². The summed E-state index contributed by atoms with van der Waals surface area (Å²) in [5.41, 5.74) is 10.9. The van der Waals surface area contributed by atoms with E-state index in [1.165, 1.54) is 59.9 Å². The van der Waals surface area contributed by atoms with Crippen LogP contribution in [0.15, 0.2) is 91.0 Å². The molecule has 0 fully saturated rings. The average Bonchev–Trinajstić information content (AvgIpc) is 3.56. The van der Waals surface area contributed by atoms with Crippen LogP contribution in [0.25, 0.3) is 11.1 Å². The van der Waals surface area contributed by atoms with E-state index in [4.69, 9.17) is 0 Å². The van der Waals surface area contributed by atoms with E-state index in [1.54, 1.807) is 11.1 Å². The summed E-state index contributed by atoms with van der Waals surface area (Å²) in [6.45, 7) is 16.5. The van der Waals surface area contributed by atoms with Crippen molar-refractivity contribution in [2.75, 3.05) is 0 Å². The fourth-order valence-corrected chi connectivity index (χ4v) is 20.5. The first kappa shape index (κ1) is 29.4. The van der Waals surface area contributed by atoms with Crippen molar-refractivity contribution in [2.45, 2.75) is 98.7 Å². The zero-order chi connectivity index (χ0) is 28.5. The summed E-state index contributed by atoms with van der Waals surface area (Å²) in [5, 5.41) is 0. The number of benzene rings is 3. The number of unbranched alkanes of at least 4 members (excludes halogenated alkanes) is 3. The van der Waals surface area contributed by atoms with Crippen molar-refractivity contribution in [3.8, 4) is 11.1 Å². The van der Waals surface area contributed by atoms with E-state index >= 15 is 0 Å². The fraction of sp³-hybridized carbons (Fsp3) is 0.410. The third-order valence-electron chi connectivity index (χ3n) is 8.92. The van der Waals surface area contributed by atoms with E-state index in [0.29, 0.717) is 7.35 Å². The number of hydrogen-bond donors (Lipinski definition) is 0. The summed E-state index contributed by atoms with van der Waals surface area (Å²) < 4.78 is 2.99. The molecule has 1 heteroatoms. The van der Waals surface area contributed by atoms with E-state index < -0.39 is 21.0 Å². The molecule has 0 unspecified atom stereocenters. The van der Waals surface area contributed by atoms with Gasteiger partial charge in [0.2, 0.25) is 0 Å². The number of allylic oxidation sites excluding steroid dienone is 4. The summed E-state index contributed by atoms with van der Waals surface area (Å²) >= 11 is -2.67. The van der Waals surface area contributed by atoms with Gasteiger partial charge in [-0.15, -0.1) is 0 Å². The zero-order valence-corrected chi connectivity index (χ0v) is 29.4. The molecule has 0 radical (unpaired) electrons. The van der Waals surface area contributed by atoms with Crippen molar-refractivity contribution in [1.82, 2.24) is 0 Å². The molecule has 0 N–H and O–H groups in total. The van der Waals surface area contributed by atoms with Crippen molar-refractivity contribution in [1.29, 1.82) is 0 Å². The Balaban J connectivity index is 1.81. The molecule has 0 saturated carbocycles. The minimum absolute atomic E-state index is 0.134. The summed E-state index contributed by atoms with van der Waals surface area (Å²) in [5.74, 6) is 0. The quantitative estimate of drug-likeness (QED) is 0.163. The average molecular weight is 695 g/mol. The Morgan fingerprint density at radius 3 is 1.73 bits per heavy atom. The molecule has 208 valence electrons. The van der Waals surface area contributed by atoms with Gasteiger partial charge >= 0.3 is 253 Å². The Hall–Kier alpha value is -2.12. The number of hydrogen-bond acceptors (Lipinski definition) is 0. The molecule has 5 rings (SSSR count). The van der Waals surface area contributed by atoms with Gasteiger partial charge in [0.15, 0.2) is 0 Å². The third-order valence-corrected chi connectivity index (χ3v) is 21.8. The molecule has 2 aliphatic carbocycles. The third kappa shape index (κ3) is 6.06. The van der Waals surface area contributed by atoms with Gasteiger partial charge in [-0.2, -0.15) is 0 Å². The molecule has 3 aromatic carbocycles. The first-order valence-electron chi connectivity index (χ1n) is 15.5. The van der Waals surface area contributed by atoms with Gasteiger partial charge in [0.05, 0.1) is 0 Å². The van der Waals surface area contributed by atoms with E-state index in [0.717, 1.165) is 0 Å². The summed E-state index contributed by atoms with van der Waals surface area (Å²) in [4.78, 5) is 0. The summed E-state index contributed by atoms with van der Waals surface area (Å²) in [6.07, 6.45) is 16.3. The van der Waals surface area contributed by atoms with Gasteiger partial charge in [-0.3, -0.25) is 0 Å². The molecule has 0 amide bonds. The van der Waals surface area contributed by atoms with E-state index in [9.17, 15) is 0 Å². The molecular weight excluding hydrogens is 647 g/mol. The van der Waals surface area contributed by atoms with Gasteiger partial charge in [0.1, 0.15) is 0 Å². The zero-order valence-electron chi connectivity index (χ0n) is 25.9. The maximum atomic E-state index is 2.61. The molecule has 0 aromatic heterocycles. The SMILES string of the molecule is CCCCCC[C](c1ccccc1)=[Hf]([CH]1C=CC=C1)[CH]1c2cc(C(C)(C)C)ccc2-c2ccc(C(C)(C)C)cc21. The van der Waals surface area contributed by atoms with Gasteiger partial charge in [0, 0.05) is 0 Å². The topological polar surface area (TPSA) is 0 Å². The van der Waals surface area contributed by atoms with Gasteiger partial charge in [0.25, 0.3) is 0 Å². The normalized spacial score (nSPS) is 15.9. The summed E-state index contributed by atoms with van der Waals surface area (Å²) in [7, 11) is 0. The predicted molar refractivity (Wildman–Crippen MR) is 172 cm³/mol. The van der Waals surface area contributed by atoms with Crippen LogP contribution < -0.4 is 0 Å². The molecule has 0 spiro atoms. The molecule has 0 atom stereocenters. The molecule has 0 heterocycles. The molecule has 0 bridgehead atoms. The van der Waals surface area contributed by atoms with Gasteiger partial charge in [-0.25, -0.2) is 0 Å². The van der Waals surface area contributed by atoms with Crippen LogP contribution in [-0.4, -0.2) is 3.26 Å². The Labute approximate surface area is 251 Å². The molecule has 2 aliphatic rings. The molecular formula is C39H48Hf. The van der Waals surface area contributed by atoms with Gasteiger partial charge in [-0.1, -0.05) is 0 Å². The van der Waals surface area contributed by atoms with Crippen LogP contribution in [0.3, 0.4) is 0 Å².